The Labute approximate surface area is 168 Å². The van der Waals surface area contributed by atoms with Gasteiger partial charge in [0.25, 0.3) is 0 Å². The molecule has 0 saturated carbocycles. The van der Waals surface area contributed by atoms with Gasteiger partial charge >= 0.3 is 17.9 Å². The lowest BCUT2D eigenvalue weighted by atomic mass is 10.0. The van der Waals surface area contributed by atoms with Gasteiger partial charge in [-0.05, 0) is 38.8 Å². The van der Waals surface area contributed by atoms with E-state index < -0.39 is 23.7 Å². The molecule has 0 N–H and O–H groups in total. The highest BCUT2D eigenvalue weighted by Gasteiger charge is 2.24. The number of para-hydroxylation sites is 1. The minimum Gasteiger partial charge on any atom is -0.466 e. The van der Waals surface area contributed by atoms with Crippen molar-refractivity contribution < 1.29 is 33.0 Å². The molecular formula is C21H26FNO6. The highest BCUT2D eigenvalue weighted by Crippen LogP contribution is 2.30. The van der Waals surface area contributed by atoms with E-state index in [1.165, 1.54) is 16.7 Å². The number of carbonyl (C=O) groups excluding carboxylic acids is 3. The van der Waals surface area contributed by atoms with Crippen LogP contribution in [-0.2, 0) is 48.0 Å². The summed E-state index contributed by atoms with van der Waals surface area (Å²) in [5.41, 5.74) is 1.24. The topological polar surface area (TPSA) is 83.8 Å². The summed E-state index contributed by atoms with van der Waals surface area (Å²) in [6.45, 7) is 5.50. The second kappa shape index (κ2) is 10.6. The summed E-state index contributed by atoms with van der Waals surface area (Å²) in [5, 5.41) is 0.501. The first-order chi connectivity index (χ1) is 13.9. The molecule has 2 rings (SSSR count). The zero-order valence-corrected chi connectivity index (χ0v) is 17.0. The van der Waals surface area contributed by atoms with Gasteiger partial charge in [0.15, 0.2) is 0 Å². The molecule has 0 spiro atoms. The average molecular weight is 407 g/mol. The van der Waals surface area contributed by atoms with Gasteiger partial charge < -0.3 is 18.8 Å². The van der Waals surface area contributed by atoms with Gasteiger partial charge in [0.2, 0.25) is 0 Å². The smallest absolute Gasteiger partial charge is 0.325 e. The van der Waals surface area contributed by atoms with Crippen molar-refractivity contribution in [1.82, 2.24) is 4.57 Å². The fourth-order valence-corrected chi connectivity index (χ4v) is 3.29. The number of ether oxygens (including phenoxy) is 3. The van der Waals surface area contributed by atoms with Crippen LogP contribution in [0.3, 0.4) is 0 Å². The molecule has 1 aromatic heterocycles. The minimum atomic E-state index is -0.535. The average Bonchev–Trinajstić information content (AvgIpc) is 2.94. The molecule has 7 nitrogen and oxygen atoms in total. The van der Waals surface area contributed by atoms with Crippen molar-refractivity contribution in [2.75, 3.05) is 19.8 Å². The van der Waals surface area contributed by atoms with Gasteiger partial charge in [0.1, 0.15) is 12.4 Å². The summed E-state index contributed by atoms with van der Waals surface area (Å²) < 4.78 is 31.2. The number of hydrogen-bond donors (Lipinski definition) is 0. The summed E-state index contributed by atoms with van der Waals surface area (Å²) in [6.07, 6.45) is 0.118. The third-order valence-electron chi connectivity index (χ3n) is 4.35. The van der Waals surface area contributed by atoms with E-state index in [0.29, 0.717) is 16.6 Å². The number of aromatic nitrogens is 1. The molecule has 0 aliphatic heterocycles. The lowest BCUT2D eigenvalue weighted by Crippen LogP contribution is -2.18. The predicted molar refractivity (Wildman–Crippen MR) is 104 cm³/mol. The van der Waals surface area contributed by atoms with Gasteiger partial charge in [-0.25, -0.2) is 4.39 Å². The molecule has 0 aliphatic carbocycles. The first-order valence-corrected chi connectivity index (χ1v) is 9.68. The molecule has 0 saturated heterocycles. The summed E-state index contributed by atoms with van der Waals surface area (Å²) in [5.74, 6) is -1.95. The molecule has 2 aromatic rings. The van der Waals surface area contributed by atoms with Gasteiger partial charge in [0.05, 0.1) is 38.2 Å². The van der Waals surface area contributed by atoms with Crippen LogP contribution >= 0.6 is 0 Å². The molecule has 0 atom stereocenters. The molecule has 0 unspecified atom stereocenters. The third kappa shape index (κ3) is 5.56. The quantitative estimate of drug-likeness (QED) is 0.445. The number of esters is 3. The molecular weight excluding hydrogens is 381 g/mol. The number of nitrogens with zero attached hydrogens (tertiary/aromatic N) is 1. The van der Waals surface area contributed by atoms with Crippen LogP contribution in [0.2, 0.25) is 0 Å². The van der Waals surface area contributed by atoms with Gasteiger partial charge in [-0.15, -0.1) is 0 Å². The second-order valence-electron chi connectivity index (χ2n) is 6.24. The lowest BCUT2D eigenvalue weighted by molar-refractivity contribution is -0.144. The Morgan fingerprint density at radius 2 is 1.55 bits per heavy atom. The van der Waals surface area contributed by atoms with Gasteiger partial charge in [-0.2, -0.15) is 0 Å². The molecule has 0 aliphatic rings. The maximum Gasteiger partial charge on any atom is 0.325 e. The zero-order chi connectivity index (χ0) is 21.4. The SMILES string of the molecule is CCOC(=O)CCc1c(CC(=O)OCC)c2cccc(F)c2n1CC(=O)OCC. The summed E-state index contributed by atoms with van der Waals surface area (Å²) in [4.78, 5) is 36.2. The van der Waals surface area contributed by atoms with E-state index in [4.69, 9.17) is 14.2 Å². The van der Waals surface area contributed by atoms with Crippen LogP contribution in [0.5, 0.6) is 0 Å². The summed E-state index contributed by atoms with van der Waals surface area (Å²) in [7, 11) is 0. The molecule has 1 heterocycles. The number of halogens is 1. The van der Waals surface area contributed by atoms with Crippen LogP contribution in [-0.4, -0.2) is 42.3 Å². The van der Waals surface area contributed by atoms with E-state index >= 15 is 0 Å². The van der Waals surface area contributed by atoms with Crippen LogP contribution in [0.15, 0.2) is 18.2 Å². The van der Waals surface area contributed by atoms with E-state index in [-0.39, 0.29) is 51.1 Å². The van der Waals surface area contributed by atoms with Gasteiger partial charge in [0, 0.05) is 11.1 Å². The Morgan fingerprint density at radius 3 is 2.21 bits per heavy atom. The fraction of sp³-hybridized carbons (Fsp3) is 0.476. The van der Waals surface area contributed by atoms with Crippen molar-refractivity contribution in [2.45, 2.75) is 46.6 Å². The molecule has 158 valence electrons. The highest BCUT2D eigenvalue weighted by atomic mass is 19.1. The van der Waals surface area contributed by atoms with E-state index in [1.807, 2.05) is 0 Å². The first kappa shape index (κ1) is 22.4. The Hall–Kier alpha value is -2.90. The number of fused-ring (bicyclic) bond motifs is 1. The van der Waals surface area contributed by atoms with Crippen molar-refractivity contribution in [3.8, 4) is 0 Å². The molecule has 0 radical (unpaired) electrons. The number of hydrogen-bond acceptors (Lipinski definition) is 6. The van der Waals surface area contributed by atoms with Crippen molar-refractivity contribution in [3.05, 3.63) is 35.3 Å². The number of benzene rings is 1. The van der Waals surface area contributed by atoms with Gasteiger partial charge in [-0.1, -0.05) is 12.1 Å². The third-order valence-corrected chi connectivity index (χ3v) is 4.35. The van der Waals surface area contributed by atoms with E-state index in [9.17, 15) is 18.8 Å². The summed E-state index contributed by atoms with van der Waals surface area (Å²) >= 11 is 0. The van der Waals surface area contributed by atoms with Gasteiger partial charge in [-0.3, -0.25) is 14.4 Å². The maximum absolute atomic E-state index is 14.7. The standard InChI is InChI=1S/C21H26FNO6/c1-4-27-18(24)11-10-17-15(12-19(25)28-5-2)14-8-7-9-16(22)21(14)23(17)13-20(26)29-6-3/h7-9H,4-6,10-13H2,1-3H3. The lowest BCUT2D eigenvalue weighted by Gasteiger charge is -2.12. The predicted octanol–water partition coefficient (Wildman–Crippen LogP) is 2.94. The van der Waals surface area contributed by atoms with Crippen LogP contribution in [0.1, 0.15) is 38.4 Å². The van der Waals surface area contributed by atoms with Crippen molar-refractivity contribution in [2.24, 2.45) is 0 Å². The Balaban J connectivity index is 2.57. The molecule has 29 heavy (non-hydrogen) atoms. The monoisotopic (exact) mass is 407 g/mol. The Morgan fingerprint density at radius 1 is 0.931 bits per heavy atom. The normalized spacial score (nSPS) is 10.8. The molecule has 8 heteroatoms. The second-order valence-corrected chi connectivity index (χ2v) is 6.24. The van der Waals surface area contributed by atoms with E-state index in [2.05, 4.69) is 0 Å². The highest BCUT2D eigenvalue weighted by molar-refractivity contribution is 5.91. The minimum absolute atomic E-state index is 0.0322. The Bertz CT molecular complexity index is 889. The molecule has 0 bridgehead atoms. The van der Waals surface area contributed by atoms with E-state index in [0.717, 1.165) is 0 Å². The zero-order valence-electron chi connectivity index (χ0n) is 17.0. The van der Waals surface area contributed by atoms with Crippen molar-refractivity contribution >= 4 is 28.8 Å². The molecule has 0 amide bonds. The summed E-state index contributed by atoms with van der Waals surface area (Å²) in [6, 6.07) is 4.51. The van der Waals surface area contributed by atoms with Crippen LogP contribution < -0.4 is 0 Å². The van der Waals surface area contributed by atoms with E-state index in [1.54, 1.807) is 26.8 Å². The Kier molecular flexibility index (Phi) is 8.18. The van der Waals surface area contributed by atoms with Crippen molar-refractivity contribution in [1.29, 1.82) is 0 Å². The first-order valence-electron chi connectivity index (χ1n) is 9.68. The fourth-order valence-electron chi connectivity index (χ4n) is 3.29. The largest absolute Gasteiger partial charge is 0.466 e. The molecule has 1 aromatic carbocycles. The number of rotatable bonds is 10. The van der Waals surface area contributed by atoms with Crippen molar-refractivity contribution in [3.63, 3.8) is 0 Å². The number of carbonyl (C=O) groups is 3. The molecule has 0 fully saturated rings. The van der Waals surface area contributed by atoms with Crippen LogP contribution in [0, 0.1) is 5.82 Å². The van der Waals surface area contributed by atoms with Crippen LogP contribution in [0.25, 0.3) is 10.9 Å². The maximum atomic E-state index is 14.7. The van der Waals surface area contributed by atoms with Crippen LogP contribution in [0.4, 0.5) is 4.39 Å².